The quantitative estimate of drug-likeness (QED) is 0.891. The maximum atomic E-state index is 11.2. The van der Waals surface area contributed by atoms with Crippen molar-refractivity contribution in [2.24, 2.45) is 0 Å². The van der Waals surface area contributed by atoms with Crippen LogP contribution in [-0.2, 0) is 0 Å². The van der Waals surface area contributed by atoms with Crippen LogP contribution in [0.4, 0.5) is 0 Å². The lowest BCUT2D eigenvalue weighted by molar-refractivity contribution is 0.0696. The minimum Gasteiger partial charge on any atom is -0.478 e. The number of benzene rings is 2. The first-order chi connectivity index (χ1) is 8.49. The molecule has 0 bridgehead atoms. The summed E-state index contributed by atoms with van der Waals surface area (Å²) >= 11 is 3.39. The fraction of sp³-hybridized carbons (Fsp3) is 0.133. The lowest BCUT2D eigenvalue weighted by atomic mass is 9.95. The molecule has 0 aliphatic heterocycles. The number of hydrogen-bond donors (Lipinski definition) is 1. The van der Waals surface area contributed by atoms with E-state index in [1.807, 2.05) is 44.2 Å². The molecule has 2 nitrogen and oxygen atoms in total. The van der Waals surface area contributed by atoms with Crippen LogP contribution in [0.1, 0.15) is 21.5 Å². The second-order valence-electron chi connectivity index (χ2n) is 4.29. The van der Waals surface area contributed by atoms with Crippen molar-refractivity contribution in [3.63, 3.8) is 0 Å². The molecule has 0 radical (unpaired) electrons. The monoisotopic (exact) mass is 304 g/mol. The molecule has 0 saturated heterocycles. The van der Waals surface area contributed by atoms with Crippen LogP contribution in [0.25, 0.3) is 11.1 Å². The topological polar surface area (TPSA) is 37.3 Å². The summed E-state index contributed by atoms with van der Waals surface area (Å²) in [6.07, 6.45) is 0. The van der Waals surface area contributed by atoms with E-state index in [4.69, 9.17) is 5.11 Å². The van der Waals surface area contributed by atoms with Gasteiger partial charge >= 0.3 is 5.97 Å². The fourth-order valence-electron chi connectivity index (χ4n) is 2.02. The number of carboxylic acids is 1. The first-order valence-electron chi connectivity index (χ1n) is 5.59. The Hall–Kier alpha value is -1.61. The Kier molecular flexibility index (Phi) is 3.53. The zero-order chi connectivity index (χ0) is 13.3. The molecule has 0 saturated carbocycles. The van der Waals surface area contributed by atoms with Crippen LogP contribution < -0.4 is 0 Å². The Bertz CT molecular complexity index is 601. The number of rotatable bonds is 2. The molecule has 18 heavy (non-hydrogen) atoms. The normalized spacial score (nSPS) is 10.4. The highest BCUT2D eigenvalue weighted by Crippen LogP contribution is 2.27. The van der Waals surface area contributed by atoms with Crippen LogP contribution in [0.5, 0.6) is 0 Å². The second kappa shape index (κ2) is 4.94. The summed E-state index contributed by atoms with van der Waals surface area (Å²) in [5, 5.41) is 9.16. The van der Waals surface area contributed by atoms with E-state index in [9.17, 15) is 4.79 Å². The number of hydrogen-bond acceptors (Lipinski definition) is 1. The van der Waals surface area contributed by atoms with Crippen molar-refractivity contribution in [1.82, 2.24) is 0 Å². The van der Waals surface area contributed by atoms with E-state index in [0.717, 1.165) is 26.7 Å². The molecule has 2 aromatic rings. The van der Waals surface area contributed by atoms with Crippen molar-refractivity contribution >= 4 is 21.9 Å². The highest BCUT2D eigenvalue weighted by molar-refractivity contribution is 9.10. The molecule has 0 heterocycles. The van der Waals surface area contributed by atoms with Gasteiger partial charge in [0.25, 0.3) is 0 Å². The van der Waals surface area contributed by atoms with Crippen LogP contribution in [0.3, 0.4) is 0 Å². The molecule has 2 aromatic carbocycles. The minimum atomic E-state index is -0.883. The first kappa shape index (κ1) is 12.8. The highest BCUT2D eigenvalue weighted by atomic mass is 79.9. The van der Waals surface area contributed by atoms with E-state index in [2.05, 4.69) is 15.9 Å². The predicted octanol–water partition coefficient (Wildman–Crippen LogP) is 4.43. The van der Waals surface area contributed by atoms with Crippen LogP contribution in [0.15, 0.2) is 40.9 Å². The minimum absolute atomic E-state index is 0.360. The average Bonchev–Trinajstić information content (AvgIpc) is 2.30. The summed E-state index contributed by atoms with van der Waals surface area (Å²) in [4.78, 5) is 11.2. The van der Waals surface area contributed by atoms with Crippen molar-refractivity contribution < 1.29 is 9.90 Å². The van der Waals surface area contributed by atoms with Gasteiger partial charge in [0.1, 0.15) is 0 Å². The second-order valence-corrected chi connectivity index (χ2v) is 5.21. The zero-order valence-electron chi connectivity index (χ0n) is 10.2. The van der Waals surface area contributed by atoms with Gasteiger partial charge in [0, 0.05) is 4.47 Å². The molecule has 1 N–H and O–H groups in total. The molecule has 0 amide bonds. The van der Waals surface area contributed by atoms with E-state index in [1.165, 1.54) is 0 Å². The smallest absolute Gasteiger partial charge is 0.335 e. The maximum absolute atomic E-state index is 11.2. The fourth-order valence-corrected chi connectivity index (χ4v) is 2.29. The van der Waals surface area contributed by atoms with Crippen molar-refractivity contribution in [3.05, 3.63) is 57.6 Å². The maximum Gasteiger partial charge on any atom is 0.335 e. The van der Waals surface area contributed by atoms with Gasteiger partial charge in [-0.3, -0.25) is 0 Å². The summed E-state index contributed by atoms with van der Waals surface area (Å²) in [5.41, 5.74) is 4.22. The number of carboxylic acid groups (broad SMARTS) is 1. The van der Waals surface area contributed by atoms with E-state index in [-0.39, 0.29) is 0 Å². The molecule has 0 aliphatic rings. The van der Waals surface area contributed by atoms with Gasteiger partial charge in [-0.15, -0.1) is 0 Å². The van der Waals surface area contributed by atoms with E-state index in [1.54, 1.807) is 6.07 Å². The number of carbonyl (C=O) groups is 1. The van der Waals surface area contributed by atoms with Crippen molar-refractivity contribution in [2.75, 3.05) is 0 Å². The SMILES string of the molecule is Cc1cc(C)c(-c2ccc(Br)cc2)cc1C(=O)O. The van der Waals surface area contributed by atoms with Gasteiger partial charge in [-0.2, -0.15) is 0 Å². The Morgan fingerprint density at radius 1 is 1.06 bits per heavy atom. The van der Waals surface area contributed by atoms with Gasteiger partial charge in [0.05, 0.1) is 5.56 Å². The summed E-state index contributed by atoms with van der Waals surface area (Å²) < 4.78 is 1.01. The van der Waals surface area contributed by atoms with E-state index < -0.39 is 5.97 Å². The van der Waals surface area contributed by atoms with Gasteiger partial charge in [-0.1, -0.05) is 34.1 Å². The molecule has 3 heteroatoms. The largest absolute Gasteiger partial charge is 0.478 e. The van der Waals surface area contributed by atoms with E-state index in [0.29, 0.717) is 5.56 Å². The molecule has 0 spiro atoms. The average molecular weight is 305 g/mol. The summed E-state index contributed by atoms with van der Waals surface area (Å²) in [5.74, 6) is -0.883. The van der Waals surface area contributed by atoms with Gasteiger partial charge in [-0.05, 0) is 54.3 Å². The third-order valence-electron chi connectivity index (χ3n) is 2.96. The number of aromatic carboxylic acids is 1. The Morgan fingerprint density at radius 3 is 2.22 bits per heavy atom. The van der Waals surface area contributed by atoms with Crippen molar-refractivity contribution in [2.45, 2.75) is 13.8 Å². The van der Waals surface area contributed by atoms with Crippen molar-refractivity contribution in [3.8, 4) is 11.1 Å². The van der Waals surface area contributed by atoms with Gasteiger partial charge in [0.15, 0.2) is 0 Å². The standard InChI is InChI=1S/C15H13BrO2/c1-9-7-10(2)14(15(17)18)8-13(9)11-3-5-12(16)6-4-11/h3-8H,1-2H3,(H,17,18). The van der Waals surface area contributed by atoms with Crippen LogP contribution in [0, 0.1) is 13.8 Å². The third kappa shape index (κ3) is 2.46. The Labute approximate surface area is 114 Å². The predicted molar refractivity (Wildman–Crippen MR) is 76.0 cm³/mol. The summed E-state index contributed by atoms with van der Waals surface area (Å²) in [6.45, 7) is 3.82. The lowest BCUT2D eigenvalue weighted by Gasteiger charge is -2.10. The molecule has 0 aromatic heterocycles. The molecule has 0 fully saturated rings. The van der Waals surface area contributed by atoms with Crippen molar-refractivity contribution in [1.29, 1.82) is 0 Å². The van der Waals surface area contributed by atoms with Crippen LogP contribution >= 0.6 is 15.9 Å². The Morgan fingerprint density at radius 2 is 1.67 bits per heavy atom. The molecular weight excluding hydrogens is 292 g/mol. The summed E-state index contributed by atoms with van der Waals surface area (Å²) in [6, 6.07) is 11.5. The van der Waals surface area contributed by atoms with Crippen LogP contribution in [-0.4, -0.2) is 11.1 Å². The molecule has 92 valence electrons. The Balaban J connectivity index is 2.60. The van der Waals surface area contributed by atoms with Gasteiger partial charge in [0.2, 0.25) is 0 Å². The first-order valence-corrected chi connectivity index (χ1v) is 6.39. The summed E-state index contributed by atoms with van der Waals surface area (Å²) in [7, 11) is 0. The molecular formula is C15H13BrO2. The third-order valence-corrected chi connectivity index (χ3v) is 3.49. The van der Waals surface area contributed by atoms with E-state index >= 15 is 0 Å². The number of aryl methyl sites for hydroxylation is 2. The van der Waals surface area contributed by atoms with Crippen LogP contribution in [0.2, 0.25) is 0 Å². The lowest BCUT2D eigenvalue weighted by Crippen LogP contribution is -2.01. The molecule has 2 rings (SSSR count). The molecule has 0 atom stereocenters. The highest BCUT2D eigenvalue weighted by Gasteiger charge is 2.11. The van der Waals surface area contributed by atoms with Gasteiger partial charge < -0.3 is 5.11 Å². The molecule has 0 unspecified atom stereocenters. The molecule has 0 aliphatic carbocycles. The number of halogens is 1. The zero-order valence-corrected chi connectivity index (χ0v) is 11.8. The van der Waals surface area contributed by atoms with Gasteiger partial charge in [-0.25, -0.2) is 4.79 Å².